The number of carbonyl (C=O) groups excluding carboxylic acids is 1. The summed E-state index contributed by atoms with van der Waals surface area (Å²) in [6, 6.07) is 4.21. The van der Waals surface area contributed by atoms with Crippen LogP contribution in [-0.2, 0) is 0 Å². The first-order valence-electron chi connectivity index (χ1n) is 5.66. The fourth-order valence-electron chi connectivity index (χ4n) is 1.48. The van der Waals surface area contributed by atoms with Gasteiger partial charge in [-0.05, 0) is 12.0 Å². The van der Waals surface area contributed by atoms with Crippen LogP contribution in [0.4, 0.5) is 5.69 Å². The van der Waals surface area contributed by atoms with Crippen molar-refractivity contribution in [2.75, 3.05) is 19.5 Å². The minimum Gasteiger partial charge on any atom is -0.490 e. The van der Waals surface area contributed by atoms with E-state index in [0.717, 1.165) is 0 Å². The van der Waals surface area contributed by atoms with Crippen LogP contribution in [0, 0.1) is 16.0 Å². The number of hydrogen-bond acceptors (Lipinski definition) is 4. The van der Waals surface area contributed by atoms with E-state index >= 15 is 0 Å². The number of para-hydroxylation sites is 1. The molecule has 0 spiro atoms. The summed E-state index contributed by atoms with van der Waals surface area (Å²) in [6.45, 7) is 2.28. The quantitative estimate of drug-likeness (QED) is 0.494. The second-order valence-corrected chi connectivity index (χ2v) is 4.39. The highest BCUT2D eigenvalue weighted by Crippen LogP contribution is 2.30. The third-order valence-corrected chi connectivity index (χ3v) is 3.04. The number of halogens is 1. The van der Waals surface area contributed by atoms with E-state index in [9.17, 15) is 14.9 Å². The number of nitro groups is 1. The number of hydrogen-bond donors (Lipinski definition) is 1. The summed E-state index contributed by atoms with van der Waals surface area (Å²) in [5, 5.41) is 13.5. The van der Waals surface area contributed by atoms with E-state index in [4.69, 9.17) is 16.3 Å². The Morgan fingerprint density at radius 2 is 2.26 bits per heavy atom. The van der Waals surface area contributed by atoms with Crippen LogP contribution >= 0.6 is 11.6 Å². The molecule has 104 valence electrons. The summed E-state index contributed by atoms with van der Waals surface area (Å²) < 4.78 is 4.96. The number of nitrogens with one attached hydrogen (secondary N) is 1. The SMILES string of the molecule is COc1c(C(=O)NCC(C)CCl)cccc1[N+](=O)[O-]. The van der Waals surface area contributed by atoms with Crippen LogP contribution in [-0.4, -0.2) is 30.4 Å². The topological polar surface area (TPSA) is 81.5 Å². The summed E-state index contributed by atoms with van der Waals surface area (Å²) in [7, 11) is 1.29. The average Bonchev–Trinajstić information content (AvgIpc) is 2.43. The van der Waals surface area contributed by atoms with Crippen molar-refractivity contribution in [3.63, 3.8) is 0 Å². The van der Waals surface area contributed by atoms with Crippen LogP contribution in [0.15, 0.2) is 18.2 Å². The second-order valence-electron chi connectivity index (χ2n) is 4.08. The number of rotatable bonds is 6. The minimum absolute atomic E-state index is 0.0384. The third-order valence-electron chi connectivity index (χ3n) is 2.51. The van der Waals surface area contributed by atoms with Gasteiger partial charge in [-0.3, -0.25) is 14.9 Å². The number of alkyl halides is 1. The molecule has 1 N–H and O–H groups in total. The maximum Gasteiger partial charge on any atom is 0.311 e. The smallest absolute Gasteiger partial charge is 0.311 e. The minimum atomic E-state index is -0.586. The number of amides is 1. The zero-order valence-corrected chi connectivity index (χ0v) is 11.4. The van der Waals surface area contributed by atoms with Crippen LogP contribution in [0.1, 0.15) is 17.3 Å². The lowest BCUT2D eigenvalue weighted by molar-refractivity contribution is -0.385. The van der Waals surface area contributed by atoms with Crippen LogP contribution in [0.2, 0.25) is 0 Å². The monoisotopic (exact) mass is 286 g/mol. The van der Waals surface area contributed by atoms with Gasteiger partial charge in [-0.25, -0.2) is 0 Å². The fourth-order valence-corrected chi connectivity index (χ4v) is 1.59. The van der Waals surface area contributed by atoms with E-state index < -0.39 is 10.8 Å². The zero-order chi connectivity index (χ0) is 14.4. The predicted octanol–water partition coefficient (Wildman–Crippen LogP) is 2.21. The van der Waals surface area contributed by atoms with Crippen molar-refractivity contribution in [3.05, 3.63) is 33.9 Å². The Hall–Kier alpha value is -1.82. The van der Waals surface area contributed by atoms with Crippen LogP contribution in [0.3, 0.4) is 0 Å². The molecule has 19 heavy (non-hydrogen) atoms. The van der Waals surface area contributed by atoms with Gasteiger partial charge in [-0.1, -0.05) is 13.0 Å². The summed E-state index contributed by atoms with van der Waals surface area (Å²) in [5.41, 5.74) is -0.0981. The molecule has 0 saturated carbocycles. The van der Waals surface area contributed by atoms with E-state index in [1.807, 2.05) is 6.92 Å². The Bertz CT molecular complexity index is 479. The molecular weight excluding hydrogens is 272 g/mol. The van der Waals surface area contributed by atoms with Gasteiger partial charge < -0.3 is 10.1 Å². The van der Waals surface area contributed by atoms with Crippen LogP contribution in [0.5, 0.6) is 5.75 Å². The standard InChI is InChI=1S/C12H15ClN2O4/c1-8(6-13)7-14-12(16)9-4-3-5-10(15(17)18)11(9)19-2/h3-5,8H,6-7H2,1-2H3,(H,14,16). The predicted molar refractivity (Wildman–Crippen MR) is 71.9 cm³/mol. The van der Waals surface area contributed by atoms with E-state index in [-0.39, 0.29) is 22.9 Å². The molecule has 1 unspecified atom stereocenters. The Labute approximate surface area is 115 Å². The molecule has 0 aromatic heterocycles. The molecule has 0 radical (unpaired) electrons. The maximum atomic E-state index is 12.0. The molecule has 1 rings (SSSR count). The Balaban J connectivity index is 2.96. The Kier molecular flexibility index (Phi) is 5.57. The number of methoxy groups -OCH3 is 1. The summed E-state index contributed by atoms with van der Waals surface area (Å²) in [6.07, 6.45) is 0. The number of ether oxygens (including phenoxy) is 1. The van der Waals surface area contributed by atoms with Gasteiger partial charge in [-0.2, -0.15) is 0 Å². The second kappa shape index (κ2) is 6.94. The van der Waals surface area contributed by atoms with Gasteiger partial charge in [0.15, 0.2) is 0 Å². The largest absolute Gasteiger partial charge is 0.490 e. The Morgan fingerprint density at radius 3 is 2.79 bits per heavy atom. The molecule has 0 heterocycles. The van der Waals surface area contributed by atoms with Crippen LogP contribution < -0.4 is 10.1 Å². The molecule has 0 aliphatic carbocycles. The molecule has 7 heteroatoms. The number of nitrogens with zero attached hydrogens (tertiary/aromatic N) is 1. The molecule has 1 amide bonds. The average molecular weight is 287 g/mol. The molecular formula is C12H15ClN2O4. The lowest BCUT2D eigenvalue weighted by atomic mass is 10.1. The summed E-state index contributed by atoms with van der Waals surface area (Å²) in [5.74, 6) is 0.0863. The van der Waals surface area contributed by atoms with Crippen molar-refractivity contribution in [1.82, 2.24) is 5.32 Å². The first-order chi connectivity index (χ1) is 9.01. The molecule has 0 fully saturated rings. The molecule has 0 saturated heterocycles. The van der Waals surface area contributed by atoms with Crippen molar-refractivity contribution < 1.29 is 14.5 Å². The maximum absolute atomic E-state index is 12.0. The molecule has 1 aromatic carbocycles. The van der Waals surface area contributed by atoms with Crippen molar-refractivity contribution >= 4 is 23.2 Å². The van der Waals surface area contributed by atoms with Crippen molar-refractivity contribution in [2.45, 2.75) is 6.92 Å². The van der Waals surface area contributed by atoms with Crippen molar-refractivity contribution in [1.29, 1.82) is 0 Å². The van der Waals surface area contributed by atoms with Gasteiger partial charge in [0.2, 0.25) is 5.75 Å². The highest BCUT2D eigenvalue weighted by atomic mass is 35.5. The first-order valence-corrected chi connectivity index (χ1v) is 6.20. The highest BCUT2D eigenvalue weighted by Gasteiger charge is 2.22. The van der Waals surface area contributed by atoms with Gasteiger partial charge in [0.1, 0.15) is 0 Å². The zero-order valence-electron chi connectivity index (χ0n) is 10.7. The van der Waals surface area contributed by atoms with Crippen LogP contribution in [0.25, 0.3) is 0 Å². The van der Waals surface area contributed by atoms with E-state index in [1.54, 1.807) is 0 Å². The normalized spacial score (nSPS) is 11.7. The lowest BCUT2D eigenvalue weighted by Gasteiger charge is -2.11. The van der Waals surface area contributed by atoms with E-state index in [0.29, 0.717) is 12.4 Å². The Morgan fingerprint density at radius 1 is 1.58 bits per heavy atom. The summed E-state index contributed by atoms with van der Waals surface area (Å²) >= 11 is 5.64. The summed E-state index contributed by atoms with van der Waals surface area (Å²) in [4.78, 5) is 22.2. The first kappa shape index (κ1) is 15.2. The molecule has 0 bridgehead atoms. The van der Waals surface area contributed by atoms with Gasteiger partial charge in [-0.15, -0.1) is 11.6 Å². The van der Waals surface area contributed by atoms with Gasteiger partial charge in [0, 0.05) is 18.5 Å². The lowest BCUT2D eigenvalue weighted by Crippen LogP contribution is -2.29. The molecule has 0 aliphatic rings. The molecule has 1 atom stereocenters. The van der Waals surface area contributed by atoms with Gasteiger partial charge >= 0.3 is 5.69 Å². The van der Waals surface area contributed by atoms with Gasteiger partial charge in [0.25, 0.3) is 5.91 Å². The fraction of sp³-hybridized carbons (Fsp3) is 0.417. The highest BCUT2D eigenvalue weighted by molar-refractivity contribution is 6.18. The molecule has 0 aliphatic heterocycles. The van der Waals surface area contributed by atoms with E-state index in [1.165, 1.54) is 25.3 Å². The number of carbonyl (C=O) groups is 1. The van der Waals surface area contributed by atoms with Crippen molar-refractivity contribution in [3.8, 4) is 5.75 Å². The number of nitro benzene ring substituents is 1. The molecule has 6 nitrogen and oxygen atoms in total. The van der Waals surface area contributed by atoms with Crippen molar-refractivity contribution in [2.24, 2.45) is 5.92 Å². The van der Waals surface area contributed by atoms with E-state index in [2.05, 4.69) is 5.32 Å². The van der Waals surface area contributed by atoms with Gasteiger partial charge in [0.05, 0.1) is 17.6 Å². The molecule has 1 aromatic rings. The number of benzene rings is 1. The third kappa shape index (κ3) is 3.82.